The third-order valence-corrected chi connectivity index (χ3v) is 4.31. The number of piperidine rings is 2. The van der Waals surface area contributed by atoms with Gasteiger partial charge in [-0.2, -0.15) is 66.4 Å². The van der Waals surface area contributed by atoms with Gasteiger partial charge in [-0.1, -0.05) is 0 Å². The molecule has 2 fully saturated rings. The maximum Gasteiger partial charge on any atom is 0.392 e. The minimum Gasteiger partial charge on any atom is -0.229 e. The van der Waals surface area contributed by atoms with Gasteiger partial charge in [0.25, 0.3) is 5.67 Å². The Morgan fingerprint density at radius 3 is 1.23 bits per heavy atom. The summed E-state index contributed by atoms with van der Waals surface area (Å²) < 4.78 is 202. The Labute approximate surface area is 132 Å². The Morgan fingerprint density at radius 2 is 0.846 bits per heavy atom. The monoisotopic (exact) mass is 423 g/mol. The molecule has 16 heteroatoms. The van der Waals surface area contributed by atoms with E-state index in [4.69, 9.17) is 0 Å². The van der Waals surface area contributed by atoms with E-state index in [2.05, 4.69) is 0 Å². The van der Waals surface area contributed by atoms with Gasteiger partial charge in [0.15, 0.2) is 6.04 Å². The molecule has 2 heterocycles. The first-order valence-electron chi connectivity index (χ1n) is 6.12. The molecule has 2 saturated heterocycles. The molecule has 0 aromatic rings. The summed E-state index contributed by atoms with van der Waals surface area (Å²) in [5.74, 6) is -36.1. The van der Waals surface area contributed by atoms with Gasteiger partial charge in [-0.05, 0) is 6.92 Å². The van der Waals surface area contributed by atoms with Gasteiger partial charge < -0.3 is 0 Å². The summed E-state index contributed by atoms with van der Waals surface area (Å²) in [6.45, 7) is -1.14. The molecule has 0 spiro atoms. The second-order valence-electron chi connectivity index (χ2n) is 5.83. The fourth-order valence-electron chi connectivity index (χ4n) is 2.67. The lowest BCUT2D eigenvalue weighted by atomic mass is 9.74. The van der Waals surface area contributed by atoms with Gasteiger partial charge in [0.05, 0.1) is 0 Å². The van der Waals surface area contributed by atoms with Gasteiger partial charge in [0, 0.05) is 0 Å². The summed E-state index contributed by atoms with van der Waals surface area (Å²) in [6, 6.07) is -20.0. The maximum atomic E-state index is 13.7. The van der Waals surface area contributed by atoms with Crippen molar-refractivity contribution in [3.63, 3.8) is 0 Å². The van der Waals surface area contributed by atoms with Crippen molar-refractivity contribution >= 4 is 0 Å². The molecule has 26 heavy (non-hydrogen) atoms. The molecule has 1 nitrogen and oxygen atoms in total. The van der Waals surface area contributed by atoms with Crippen molar-refractivity contribution < 1.29 is 65.9 Å². The highest BCUT2D eigenvalue weighted by Crippen LogP contribution is 2.70. The van der Waals surface area contributed by atoms with Gasteiger partial charge in [-0.3, -0.25) is 0 Å². The standard InChI is InChI=1S/C10H4F15N/c1-3(11)6(16,17)4(12,13)2-5(14,15)7(18,19)8(20,21)10(24,25)26(2)9(3,22)23/h2H,1H3. The Balaban J connectivity index is 2.99. The van der Waals surface area contributed by atoms with Gasteiger partial charge in [0.2, 0.25) is 0 Å². The molecular weight excluding hydrogens is 419 g/mol. The maximum absolute atomic E-state index is 13.7. The van der Waals surface area contributed by atoms with Gasteiger partial charge in [-0.25, -0.2) is 4.39 Å². The fraction of sp³-hybridized carbons (Fsp3) is 1.00. The van der Waals surface area contributed by atoms with Crippen LogP contribution in [0, 0.1) is 0 Å². The summed E-state index contributed by atoms with van der Waals surface area (Å²) in [5, 5.41) is 0. The van der Waals surface area contributed by atoms with Gasteiger partial charge in [-0.15, -0.1) is 0 Å². The normalized spacial score (nSPS) is 41.3. The van der Waals surface area contributed by atoms with E-state index in [1.165, 1.54) is 0 Å². The predicted molar refractivity (Wildman–Crippen MR) is 49.8 cm³/mol. The van der Waals surface area contributed by atoms with E-state index >= 15 is 0 Å². The average molecular weight is 423 g/mol. The number of fused-ring (bicyclic) bond motifs is 1. The molecule has 0 aromatic heterocycles. The molecule has 0 amide bonds. The van der Waals surface area contributed by atoms with Crippen molar-refractivity contribution in [1.29, 1.82) is 0 Å². The van der Waals surface area contributed by atoms with Crippen molar-refractivity contribution in [2.45, 2.75) is 60.3 Å². The number of hydrogen-bond donors (Lipinski definition) is 0. The second-order valence-corrected chi connectivity index (χ2v) is 5.83. The van der Waals surface area contributed by atoms with E-state index in [1.54, 1.807) is 0 Å². The van der Waals surface area contributed by atoms with Crippen LogP contribution in [0.3, 0.4) is 0 Å². The predicted octanol–water partition coefficient (Wildman–Crippen LogP) is 4.77. The Kier molecular flexibility index (Phi) is 3.66. The molecule has 2 aliphatic heterocycles. The molecule has 154 valence electrons. The molecule has 2 aliphatic rings. The first-order valence-corrected chi connectivity index (χ1v) is 6.12. The van der Waals surface area contributed by atoms with E-state index in [0.29, 0.717) is 0 Å². The first kappa shape index (κ1) is 21.2. The van der Waals surface area contributed by atoms with Crippen LogP contribution in [0.15, 0.2) is 0 Å². The first-order chi connectivity index (χ1) is 11.0. The van der Waals surface area contributed by atoms with E-state index in [0.717, 1.165) is 0 Å². The molecule has 2 atom stereocenters. The number of alkyl halides is 15. The lowest BCUT2D eigenvalue weighted by Gasteiger charge is -2.61. The van der Waals surface area contributed by atoms with Crippen LogP contribution in [0.2, 0.25) is 0 Å². The highest BCUT2D eigenvalue weighted by molar-refractivity contribution is 5.27. The lowest BCUT2D eigenvalue weighted by Crippen LogP contribution is -2.92. The second kappa shape index (κ2) is 4.48. The Bertz CT molecular complexity index is 514. The molecular formula is C10H4F15N. The van der Waals surface area contributed by atoms with Crippen molar-refractivity contribution in [2.75, 3.05) is 0 Å². The minimum atomic E-state index is -7.47. The van der Waals surface area contributed by atoms with Crippen LogP contribution in [0.5, 0.6) is 0 Å². The smallest absolute Gasteiger partial charge is 0.229 e. The van der Waals surface area contributed by atoms with Crippen molar-refractivity contribution in [3.8, 4) is 0 Å². The number of nitrogens with zero attached hydrogens (tertiary/aromatic N) is 1. The Hall–Kier alpha value is -1.09. The van der Waals surface area contributed by atoms with Crippen LogP contribution in [0.4, 0.5) is 65.9 Å². The van der Waals surface area contributed by atoms with Gasteiger partial charge >= 0.3 is 41.7 Å². The minimum absolute atomic E-state index is 1.14. The molecule has 0 bridgehead atoms. The summed E-state index contributed by atoms with van der Waals surface area (Å²) >= 11 is 0. The molecule has 0 aliphatic carbocycles. The summed E-state index contributed by atoms with van der Waals surface area (Å²) in [4.78, 5) is -3.28. The third-order valence-electron chi connectivity index (χ3n) is 4.31. The average Bonchev–Trinajstić information content (AvgIpc) is 2.39. The van der Waals surface area contributed by atoms with Crippen molar-refractivity contribution in [3.05, 3.63) is 0 Å². The summed E-state index contributed by atoms with van der Waals surface area (Å²) in [5.41, 5.74) is -6.12. The molecule has 2 unspecified atom stereocenters. The zero-order chi connectivity index (χ0) is 21.2. The molecule has 0 saturated carbocycles. The highest BCUT2D eigenvalue weighted by atomic mass is 19.4. The van der Waals surface area contributed by atoms with Gasteiger partial charge in [0.1, 0.15) is 0 Å². The summed E-state index contributed by atoms with van der Waals surface area (Å²) in [6.07, 6.45) is 0. The van der Waals surface area contributed by atoms with E-state index in [-0.39, 0.29) is 0 Å². The molecule has 2 rings (SSSR count). The number of rotatable bonds is 0. The molecule has 0 radical (unpaired) electrons. The van der Waals surface area contributed by atoms with E-state index in [1.807, 2.05) is 0 Å². The zero-order valence-corrected chi connectivity index (χ0v) is 11.7. The summed E-state index contributed by atoms with van der Waals surface area (Å²) in [7, 11) is 0. The number of hydrogen-bond acceptors (Lipinski definition) is 1. The van der Waals surface area contributed by atoms with Crippen LogP contribution in [-0.2, 0) is 0 Å². The number of halogens is 15. The quantitative estimate of drug-likeness (QED) is 0.401. The van der Waals surface area contributed by atoms with Crippen LogP contribution < -0.4 is 0 Å². The van der Waals surface area contributed by atoms with Crippen LogP contribution in [0.1, 0.15) is 6.92 Å². The van der Waals surface area contributed by atoms with E-state index in [9.17, 15) is 65.9 Å². The Morgan fingerprint density at radius 1 is 0.500 bits per heavy atom. The topological polar surface area (TPSA) is 3.24 Å². The van der Waals surface area contributed by atoms with Crippen LogP contribution >= 0.6 is 0 Å². The third kappa shape index (κ3) is 1.68. The van der Waals surface area contributed by atoms with Crippen LogP contribution in [0.25, 0.3) is 0 Å². The van der Waals surface area contributed by atoms with Crippen LogP contribution in [-0.4, -0.2) is 58.3 Å². The van der Waals surface area contributed by atoms with Crippen molar-refractivity contribution in [2.24, 2.45) is 0 Å². The highest BCUT2D eigenvalue weighted by Gasteiger charge is 3.00. The fourth-order valence-corrected chi connectivity index (χ4v) is 2.67. The lowest BCUT2D eigenvalue weighted by molar-refractivity contribution is -0.532. The SMILES string of the molecule is CC1(F)C(F)(F)N2C(C(F)(F)C1(F)F)C(F)(F)C(F)(F)C(F)(F)C2(F)F. The zero-order valence-electron chi connectivity index (χ0n) is 11.7. The van der Waals surface area contributed by atoms with Crippen molar-refractivity contribution in [1.82, 2.24) is 4.90 Å². The molecule has 0 aromatic carbocycles. The molecule has 0 N–H and O–H groups in total. The van der Waals surface area contributed by atoms with E-state index < -0.39 is 65.2 Å². The largest absolute Gasteiger partial charge is 0.392 e.